The molecule has 2 aliphatic heterocycles. The summed E-state index contributed by atoms with van der Waals surface area (Å²) in [5.41, 5.74) is 2.36. The van der Waals surface area contributed by atoms with Gasteiger partial charge in [-0.2, -0.15) is 0 Å². The second-order valence-corrected chi connectivity index (χ2v) is 8.04. The van der Waals surface area contributed by atoms with E-state index in [1.54, 1.807) is 0 Å². The van der Waals surface area contributed by atoms with Gasteiger partial charge in [-0.3, -0.25) is 4.79 Å². The number of hydrogen-bond donors (Lipinski definition) is 1. The Morgan fingerprint density at radius 1 is 1.28 bits per heavy atom. The molecule has 1 N–H and O–H groups in total. The normalized spacial score (nSPS) is 30.0. The van der Waals surface area contributed by atoms with Crippen molar-refractivity contribution in [2.75, 3.05) is 0 Å². The van der Waals surface area contributed by atoms with Crippen molar-refractivity contribution in [2.45, 2.75) is 75.7 Å². The molecule has 1 amide bonds. The summed E-state index contributed by atoms with van der Waals surface area (Å²) >= 11 is 0. The number of aromatic nitrogens is 1. The second-order valence-electron chi connectivity index (χ2n) is 8.04. The molecule has 0 bridgehead atoms. The topological polar surface area (TPSA) is 45.1 Å². The van der Waals surface area contributed by atoms with Crippen molar-refractivity contribution in [3.8, 4) is 0 Å². The van der Waals surface area contributed by atoms with Crippen LogP contribution in [-0.4, -0.2) is 39.6 Å². The first kappa shape index (κ1) is 15.4. The number of aryl methyl sites for hydroxylation is 1. The maximum Gasteiger partial charge on any atom is 0.223 e. The molecule has 3 fully saturated rings. The summed E-state index contributed by atoms with van der Waals surface area (Å²) in [6.07, 6.45) is 9.70. The Balaban J connectivity index is 1.28. The number of fused-ring (bicyclic) bond motifs is 3. The number of benzene rings is 1. The van der Waals surface area contributed by atoms with Gasteiger partial charge in [-0.25, -0.2) is 0 Å². The number of carbonyl (C=O) groups is 1. The Morgan fingerprint density at radius 2 is 2.08 bits per heavy atom. The summed E-state index contributed by atoms with van der Waals surface area (Å²) in [7, 11) is 0. The lowest BCUT2D eigenvalue weighted by Crippen LogP contribution is -2.43. The molecule has 1 aromatic carbocycles. The van der Waals surface area contributed by atoms with Crippen LogP contribution in [-0.2, 0) is 16.0 Å². The van der Waals surface area contributed by atoms with Crippen molar-refractivity contribution in [3.05, 3.63) is 36.0 Å². The van der Waals surface area contributed by atoms with E-state index < -0.39 is 0 Å². The van der Waals surface area contributed by atoms with E-state index in [1.165, 1.54) is 30.2 Å². The van der Waals surface area contributed by atoms with Crippen LogP contribution in [0.25, 0.3) is 10.9 Å². The minimum Gasteiger partial charge on any atom is -0.368 e. The number of carbonyl (C=O) groups excluding carboxylic acids is 1. The van der Waals surface area contributed by atoms with Crippen LogP contribution in [0.1, 0.15) is 51.0 Å². The molecule has 4 heteroatoms. The van der Waals surface area contributed by atoms with E-state index >= 15 is 0 Å². The highest BCUT2D eigenvalue weighted by atomic mass is 16.5. The lowest BCUT2D eigenvalue weighted by atomic mass is 9.82. The summed E-state index contributed by atoms with van der Waals surface area (Å²) in [6, 6.07) is 8.98. The predicted octanol–water partition coefficient (Wildman–Crippen LogP) is 3.80. The minimum absolute atomic E-state index is 0.0290. The zero-order valence-electron chi connectivity index (χ0n) is 14.8. The Morgan fingerprint density at radius 3 is 2.92 bits per heavy atom. The van der Waals surface area contributed by atoms with E-state index in [2.05, 4.69) is 41.2 Å². The zero-order chi connectivity index (χ0) is 17.0. The van der Waals surface area contributed by atoms with Crippen LogP contribution in [0.2, 0.25) is 0 Å². The van der Waals surface area contributed by atoms with E-state index in [0.29, 0.717) is 24.4 Å². The second kappa shape index (κ2) is 5.60. The summed E-state index contributed by atoms with van der Waals surface area (Å²) < 4.78 is 6.34. The van der Waals surface area contributed by atoms with Gasteiger partial charge < -0.3 is 14.6 Å². The van der Waals surface area contributed by atoms with Crippen molar-refractivity contribution >= 4 is 16.8 Å². The van der Waals surface area contributed by atoms with E-state index in [9.17, 15) is 4.79 Å². The number of morpholine rings is 1. The highest BCUT2D eigenvalue weighted by Gasteiger charge is 2.69. The number of rotatable bonds is 3. The molecular weight excluding hydrogens is 312 g/mol. The monoisotopic (exact) mass is 338 g/mol. The molecular formula is C21H26N2O2. The molecule has 1 aliphatic carbocycles. The maximum atomic E-state index is 12.9. The zero-order valence-corrected chi connectivity index (χ0v) is 14.8. The molecule has 1 aromatic heterocycles. The highest BCUT2D eigenvalue weighted by Crippen LogP contribution is 2.54. The van der Waals surface area contributed by atoms with Gasteiger partial charge in [0.25, 0.3) is 0 Å². The molecule has 2 aromatic rings. The van der Waals surface area contributed by atoms with Gasteiger partial charge >= 0.3 is 0 Å². The average Bonchev–Trinajstić information content (AvgIpc) is 3.19. The first-order valence-corrected chi connectivity index (χ1v) is 9.74. The number of nitrogens with zero attached hydrogens (tertiary/aromatic N) is 1. The van der Waals surface area contributed by atoms with Gasteiger partial charge in [0.15, 0.2) is 0 Å². The van der Waals surface area contributed by atoms with Crippen molar-refractivity contribution in [1.82, 2.24) is 9.88 Å². The molecule has 5 rings (SSSR count). The Labute approximate surface area is 148 Å². The van der Waals surface area contributed by atoms with Gasteiger partial charge in [-0.15, -0.1) is 0 Å². The van der Waals surface area contributed by atoms with Crippen LogP contribution in [0, 0.1) is 0 Å². The van der Waals surface area contributed by atoms with Crippen molar-refractivity contribution in [1.29, 1.82) is 0 Å². The van der Waals surface area contributed by atoms with Gasteiger partial charge in [0.2, 0.25) is 5.91 Å². The van der Waals surface area contributed by atoms with E-state index in [0.717, 1.165) is 24.8 Å². The average molecular weight is 338 g/mol. The summed E-state index contributed by atoms with van der Waals surface area (Å²) in [5, 5.41) is 1.24. The molecule has 3 heterocycles. The molecule has 3 aliphatic rings. The molecule has 3 atom stereocenters. The molecule has 1 saturated carbocycles. The van der Waals surface area contributed by atoms with Crippen LogP contribution in [0.15, 0.2) is 30.5 Å². The molecule has 1 spiro atoms. The summed E-state index contributed by atoms with van der Waals surface area (Å²) in [5.74, 6) is 0.306. The molecule has 132 valence electrons. The molecule has 25 heavy (non-hydrogen) atoms. The SMILES string of the molecule is CC1OC2(CCCCC2)C2C1N2C(=O)CCc1c[nH]c2ccccc12. The van der Waals surface area contributed by atoms with Crippen LogP contribution < -0.4 is 0 Å². The lowest BCUT2D eigenvalue weighted by molar-refractivity contribution is -0.137. The molecule has 4 nitrogen and oxygen atoms in total. The lowest BCUT2D eigenvalue weighted by Gasteiger charge is -2.36. The number of amides is 1. The minimum atomic E-state index is -0.0290. The predicted molar refractivity (Wildman–Crippen MR) is 97.4 cm³/mol. The first-order valence-electron chi connectivity index (χ1n) is 9.74. The van der Waals surface area contributed by atoms with Gasteiger partial charge in [0.1, 0.15) is 0 Å². The largest absolute Gasteiger partial charge is 0.368 e. The number of para-hydroxylation sites is 1. The molecule has 2 saturated heterocycles. The number of H-pyrrole nitrogens is 1. The molecule has 0 radical (unpaired) electrons. The fourth-order valence-electron chi connectivity index (χ4n) is 5.40. The van der Waals surface area contributed by atoms with E-state index in [1.807, 2.05) is 6.07 Å². The Kier molecular flexibility index (Phi) is 3.46. The van der Waals surface area contributed by atoms with Crippen LogP contribution in [0.3, 0.4) is 0 Å². The summed E-state index contributed by atoms with van der Waals surface area (Å²) in [4.78, 5) is 18.3. The Hall–Kier alpha value is -1.81. The third-order valence-electron chi connectivity index (χ3n) is 6.57. The van der Waals surface area contributed by atoms with Gasteiger partial charge in [0, 0.05) is 23.5 Å². The van der Waals surface area contributed by atoms with Gasteiger partial charge in [0.05, 0.1) is 23.8 Å². The third kappa shape index (κ3) is 2.34. The number of hydrogen-bond acceptors (Lipinski definition) is 2. The highest BCUT2D eigenvalue weighted by molar-refractivity contribution is 5.85. The van der Waals surface area contributed by atoms with Crippen molar-refractivity contribution in [2.24, 2.45) is 0 Å². The fourth-order valence-corrected chi connectivity index (χ4v) is 5.40. The third-order valence-corrected chi connectivity index (χ3v) is 6.57. The van der Waals surface area contributed by atoms with Crippen LogP contribution in [0.4, 0.5) is 0 Å². The fraction of sp³-hybridized carbons (Fsp3) is 0.571. The van der Waals surface area contributed by atoms with E-state index in [4.69, 9.17) is 4.74 Å². The van der Waals surface area contributed by atoms with Gasteiger partial charge in [-0.1, -0.05) is 37.5 Å². The standard InChI is InChI=1S/C21H26N2O2/c1-14-19-20(21(25-14)11-5-2-6-12-21)23(19)18(24)10-9-15-13-22-17-8-4-3-7-16(15)17/h3-4,7-8,13-14,19-20,22H,2,5-6,9-12H2,1H3. The van der Waals surface area contributed by atoms with Crippen molar-refractivity contribution in [3.63, 3.8) is 0 Å². The number of ether oxygens (including phenoxy) is 1. The molecule has 3 unspecified atom stereocenters. The maximum absolute atomic E-state index is 12.9. The number of nitrogens with one attached hydrogen (secondary N) is 1. The van der Waals surface area contributed by atoms with Crippen LogP contribution >= 0.6 is 0 Å². The van der Waals surface area contributed by atoms with Gasteiger partial charge in [-0.05, 0) is 37.8 Å². The quantitative estimate of drug-likeness (QED) is 0.865. The van der Waals surface area contributed by atoms with E-state index in [-0.39, 0.29) is 11.7 Å². The smallest absolute Gasteiger partial charge is 0.223 e. The first-order chi connectivity index (χ1) is 12.2. The number of aromatic amines is 1. The van der Waals surface area contributed by atoms with Crippen molar-refractivity contribution < 1.29 is 9.53 Å². The summed E-state index contributed by atoms with van der Waals surface area (Å²) in [6.45, 7) is 2.15. The van der Waals surface area contributed by atoms with Crippen LogP contribution in [0.5, 0.6) is 0 Å². The Bertz CT molecular complexity index is 805.